The number of carbonyl (C=O) groups excluding carboxylic acids is 1. The molecule has 0 saturated heterocycles. The second kappa shape index (κ2) is 6.58. The van der Waals surface area contributed by atoms with Gasteiger partial charge in [0.05, 0.1) is 0 Å². The minimum absolute atomic E-state index is 0.00902. The average molecular weight is 248 g/mol. The summed E-state index contributed by atoms with van der Waals surface area (Å²) in [6.45, 7) is 8.19. The lowest BCUT2D eigenvalue weighted by molar-refractivity contribution is -0.153. The summed E-state index contributed by atoms with van der Waals surface area (Å²) in [5.74, 6) is -0.0895. The molecule has 0 bridgehead atoms. The summed E-state index contributed by atoms with van der Waals surface area (Å²) in [6.07, 6.45) is 2.23. The monoisotopic (exact) mass is 248 g/mol. The third kappa shape index (κ3) is 5.35. The summed E-state index contributed by atoms with van der Waals surface area (Å²) in [4.78, 5) is 11.7. The lowest BCUT2D eigenvalue weighted by Crippen LogP contribution is -2.28. The lowest BCUT2D eigenvalue weighted by Gasteiger charge is -2.26. The van der Waals surface area contributed by atoms with Crippen LogP contribution in [0.4, 0.5) is 0 Å². The molecule has 1 atom stereocenters. The van der Waals surface area contributed by atoms with Crippen LogP contribution in [0.5, 0.6) is 0 Å². The van der Waals surface area contributed by atoms with Crippen LogP contribution in [0.2, 0.25) is 0 Å². The largest absolute Gasteiger partial charge is 0.462 e. The molecule has 0 aliphatic heterocycles. The Bertz CT molecular complexity index is 362. The van der Waals surface area contributed by atoms with E-state index in [4.69, 9.17) is 4.74 Å². The van der Waals surface area contributed by atoms with Crippen LogP contribution in [0.15, 0.2) is 30.3 Å². The van der Waals surface area contributed by atoms with Crippen molar-refractivity contribution < 1.29 is 9.53 Å². The van der Waals surface area contributed by atoms with E-state index < -0.39 is 0 Å². The molecular formula is C16H24O2. The SMILES string of the molecule is C[C@@H](OC(=O)CCCc1ccccc1)C(C)(C)C. The molecule has 0 radical (unpaired) electrons. The third-order valence-electron chi connectivity index (χ3n) is 3.22. The van der Waals surface area contributed by atoms with E-state index >= 15 is 0 Å². The lowest BCUT2D eigenvalue weighted by atomic mass is 9.90. The van der Waals surface area contributed by atoms with Crippen molar-refractivity contribution in [3.05, 3.63) is 35.9 Å². The van der Waals surface area contributed by atoms with Crippen molar-refractivity contribution in [1.82, 2.24) is 0 Å². The highest BCUT2D eigenvalue weighted by Gasteiger charge is 2.23. The molecule has 0 fully saturated rings. The highest BCUT2D eigenvalue weighted by Crippen LogP contribution is 2.22. The van der Waals surface area contributed by atoms with E-state index in [1.165, 1.54) is 5.56 Å². The Balaban J connectivity index is 2.26. The van der Waals surface area contributed by atoms with Crippen molar-refractivity contribution >= 4 is 5.97 Å². The molecule has 2 nitrogen and oxygen atoms in total. The van der Waals surface area contributed by atoms with Crippen molar-refractivity contribution in [3.63, 3.8) is 0 Å². The van der Waals surface area contributed by atoms with Gasteiger partial charge in [-0.1, -0.05) is 51.1 Å². The number of aryl methyl sites for hydroxylation is 1. The summed E-state index contributed by atoms with van der Waals surface area (Å²) >= 11 is 0. The summed E-state index contributed by atoms with van der Waals surface area (Å²) in [7, 11) is 0. The Hall–Kier alpha value is -1.31. The number of ether oxygens (including phenoxy) is 1. The van der Waals surface area contributed by atoms with Crippen LogP contribution in [0.3, 0.4) is 0 Å². The zero-order valence-electron chi connectivity index (χ0n) is 11.9. The fourth-order valence-electron chi connectivity index (χ4n) is 1.51. The highest BCUT2D eigenvalue weighted by molar-refractivity contribution is 5.69. The van der Waals surface area contributed by atoms with Crippen molar-refractivity contribution in [3.8, 4) is 0 Å². The van der Waals surface area contributed by atoms with E-state index in [-0.39, 0.29) is 17.5 Å². The molecule has 1 rings (SSSR count). The zero-order chi connectivity index (χ0) is 13.6. The predicted octanol–water partition coefficient (Wildman–Crippen LogP) is 3.99. The molecule has 0 aromatic heterocycles. The summed E-state index contributed by atoms with van der Waals surface area (Å²) < 4.78 is 5.41. The maximum Gasteiger partial charge on any atom is 0.306 e. The minimum Gasteiger partial charge on any atom is -0.462 e. The molecule has 18 heavy (non-hydrogen) atoms. The number of hydrogen-bond donors (Lipinski definition) is 0. The molecule has 0 aliphatic carbocycles. The number of carbonyl (C=O) groups is 1. The van der Waals surface area contributed by atoms with Gasteiger partial charge in [0.2, 0.25) is 0 Å². The molecule has 0 unspecified atom stereocenters. The minimum atomic E-state index is -0.0895. The van der Waals surface area contributed by atoms with Gasteiger partial charge in [0.15, 0.2) is 0 Å². The van der Waals surface area contributed by atoms with E-state index in [9.17, 15) is 4.79 Å². The van der Waals surface area contributed by atoms with Gasteiger partial charge in [-0.15, -0.1) is 0 Å². The van der Waals surface area contributed by atoms with E-state index in [0.29, 0.717) is 6.42 Å². The smallest absolute Gasteiger partial charge is 0.306 e. The number of esters is 1. The molecule has 1 aromatic rings. The quantitative estimate of drug-likeness (QED) is 0.736. The van der Waals surface area contributed by atoms with Crippen LogP contribution >= 0.6 is 0 Å². The van der Waals surface area contributed by atoms with Crippen molar-refractivity contribution in [2.45, 2.75) is 53.1 Å². The average Bonchev–Trinajstić information content (AvgIpc) is 2.29. The molecule has 0 amide bonds. The normalized spacial score (nSPS) is 13.1. The Labute approximate surface area is 110 Å². The fourth-order valence-corrected chi connectivity index (χ4v) is 1.51. The Morgan fingerprint density at radius 3 is 2.39 bits per heavy atom. The third-order valence-corrected chi connectivity index (χ3v) is 3.22. The Kier molecular flexibility index (Phi) is 5.39. The van der Waals surface area contributed by atoms with Crippen LogP contribution in [-0.2, 0) is 16.0 Å². The molecule has 0 saturated carbocycles. The first-order valence-corrected chi connectivity index (χ1v) is 6.63. The van der Waals surface area contributed by atoms with Gasteiger partial charge in [0, 0.05) is 6.42 Å². The second-order valence-corrected chi connectivity index (χ2v) is 5.84. The molecule has 2 heteroatoms. The first-order chi connectivity index (χ1) is 8.39. The highest BCUT2D eigenvalue weighted by atomic mass is 16.5. The van der Waals surface area contributed by atoms with Gasteiger partial charge in [0.1, 0.15) is 6.10 Å². The number of hydrogen-bond acceptors (Lipinski definition) is 2. The molecule has 0 N–H and O–H groups in total. The van der Waals surface area contributed by atoms with Crippen molar-refractivity contribution in [2.24, 2.45) is 5.41 Å². The van der Waals surface area contributed by atoms with Crippen molar-refractivity contribution in [2.75, 3.05) is 0 Å². The van der Waals surface area contributed by atoms with Gasteiger partial charge < -0.3 is 4.74 Å². The Morgan fingerprint density at radius 1 is 1.22 bits per heavy atom. The molecule has 100 valence electrons. The molecule has 0 aliphatic rings. The van der Waals surface area contributed by atoms with E-state index in [1.54, 1.807) is 0 Å². The van der Waals surface area contributed by atoms with Crippen LogP contribution < -0.4 is 0 Å². The van der Waals surface area contributed by atoms with Gasteiger partial charge in [-0.25, -0.2) is 0 Å². The van der Waals surface area contributed by atoms with Gasteiger partial charge >= 0.3 is 5.97 Å². The first-order valence-electron chi connectivity index (χ1n) is 6.63. The zero-order valence-corrected chi connectivity index (χ0v) is 11.9. The van der Waals surface area contributed by atoms with Gasteiger partial charge in [0.25, 0.3) is 0 Å². The topological polar surface area (TPSA) is 26.3 Å². The van der Waals surface area contributed by atoms with Gasteiger partial charge in [-0.2, -0.15) is 0 Å². The van der Waals surface area contributed by atoms with Crippen LogP contribution in [-0.4, -0.2) is 12.1 Å². The van der Waals surface area contributed by atoms with Gasteiger partial charge in [-0.3, -0.25) is 4.79 Å². The van der Waals surface area contributed by atoms with E-state index in [0.717, 1.165) is 12.8 Å². The summed E-state index contributed by atoms with van der Waals surface area (Å²) in [5, 5.41) is 0. The summed E-state index contributed by atoms with van der Waals surface area (Å²) in [5.41, 5.74) is 1.28. The Morgan fingerprint density at radius 2 is 1.83 bits per heavy atom. The first kappa shape index (κ1) is 14.7. The number of benzene rings is 1. The predicted molar refractivity (Wildman–Crippen MR) is 74.4 cm³/mol. The second-order valence-electron chi connectivity index (χ2n) is 5.84. The van der Waals surface area contributed by atoms with Crippen LogP contribution in [0.25, 0.3) is 0 Å². The maximum absolute atomic E-state index is 11.7. The van der Waals surface area contributed by atoms with E-state index in [1.807, 2.05) is 25.1 Å². The molecule has 1 aromatic carbocycles. The molecule has 0 spiro atoms. The molecule has 0 heterocycles. The molecular weight excluding hydrogens is 224 g/mol. The van der Waals surface area contributed by atoms with E-state index in [2.05, 4.69) is 32.9 Å². The summed E-state index contributed by atoms with van der Waals surface area (Å²) in [6, 6.07) is 10.2. The maximum atomic E-state index is 11.7. The van der Waals surface area contributed by atoms with Gasteiger partial charge in [-0.05, 0) is 30.7 Å². The van der Waals surface area contributed by atoms with Crippen LogP contribution in [0.1, 0.15) is 46.1 Å². The standard InChI is InChI=1S/C16H24O2/c1-13(16(2,3)4)18-15(17)12-8-11-14-9-6-5-7-10-14/h5-7,9-10,13H,8,11-12H2,1-4H3/t13-/m1/s1. The van der Waals surface area contributed by atoms with Crippen molar-refractivity contribution in [1.29, 1.82) is 0 Å². The number of rotatable bonds is 5. The van der Waals surface area contributed by atoms with Crippen LogP contribution in [0, 0.1) is 5.41 Å². The fraction of sp³-hybridized carbons (Fsp3) is 0.562.